The molecular weight excluding hydrogens is 274 g/mol. The highest BCUT2D eigenvalue weighted by molar-refractivity contribution is 7.91. The highest BCUT2D eigenvalue weighted by Crippen LogP contribution is 2.18. The number of nitrogens with one attached hydrogen (secondary N) is 1. The van der Waals surface area contributed by atoms with Gasteiger partial charge in [0.15, 0.2) is 9.84 Å². The van der Waals surface area contributed by atoms with Gasteiger partial charge in [-0.15, -0.1) is 11.6 Å². The molecule has 1 aromatic rings. The minimum absolute atomic E-state index is 0.0646. The molecule has 6 heteroatoms. The van der Waals surface area contributed by atoms with Crippen LogP contribution in [0.25, 0.3) is 0 Å². The minimum atomic E-state index is -3.11. The number of halogens is 1. The van der Waals surface area contributed by atoms with E-state index in [2.05, 4.69) is 5.32 Å². The zero-order chi connectivity index (χ0) is 13.2. The van der Waals surface area contributed by atoms with E-state index in [0.29, 0.717) is 0 Å². The molecule has 0 bridgehead atoms. The van der Waals surface area contributed by atoms with Crippen LogP contribution in [0, 0.1) is 0 Å². The molecule has 2 atom stereocenters. The van der Waals surface area contributed by atoms with Gasteiger partial charge in [-0.1, -0.05) is 30.3 Å². The third kappa shape index (κ3) is 3.46. The summed E-state index contributed by atoms with van der Waals surface area (Å²) < 4.78 is 22.7. The van der Waals surface area contributed by atoms with E-state index in [1.165, 1.54) is 0 Å². The van der Waals surface area contributed by atoms with E-state index in [1.54, 1.807) is 0 Å². The molecule has 1 aromatic carbocycles. The average molecular weight is 288 g/mol. The number of amides is 1. The van der Waals surface area contributed by atoms with Gasteiger partial charge in [0, 0.05) is 0 Å². The second-order valence-corrected chi connectivity index (χ2v) is 7.14. The molecule has 18 heavy (non-hydrogen) atoms. The summed E-state index contributed by atoms with van der Waals surface area (Å²) in [5.41, 5.74) is 0.891. The summed E-state index contributed by atoms with van der Waals surface area (Å²) in [5.74, 6) is -0.332. The third-order valence-electron chi connectivity index (χ3n) is 2.84. The van der Waals surface area contributed by atoms with Crippen molar-refractivity contribution in [1.29, 1.82) is 0 Å². The van der Waals surface area contributed by atoms with Crippen LogP contribution in [-0.4, -0.2) is 37.2 Å². The second-order valence-electron chi connectivity index (χ2n) is 4.43. The molecule has 98 valence electrons. The van der Waals surface area contributed by atoms with Crippen LogP contribution in [0.1, 0.15) is 5.56 Å². The predicted octanol–water partition coefficient (Wildman–Crippen LogP) is 0.750. The molecule has 1 saturated heterocycles. The Morgan fingerprint density at radius 2 is 1.94 bits per heavy atom. The smallest absolute Gasteiger partial charge is 0.224 e. The van der Waals surface area contributed by atoms with Crippen molar-refractivity contribution in [3.8, 4) is 0 Å². The number of sulfone groups is 1. The highest BCUT2D eigenvalue weighted by Gasteiger charge is 2.37. The highest BCUT2D eigenvalue weighted by atomic mass is 35.5. The molecule has 1 fully saturated rings. The van der Waals surface area contributed by atoms with Crippen molar-refractivity contribution in [2.75, 3.05) is 11.5 Å². The fraction of sp³-hybridized carbons (Fsp3) is 0.417. The van der Waals surface area contributed by atoms with Crippen molar-refractivity contribution in [3.05, 3.63) is 35.9 Å². The van der Waals surface area contributed by atoms with Gasteiger partial charge in [0.05, 0.1) is 29.3 Å². The Morgan fingerprint density at radius 3 is 2.50 bits per heavy atom. The molecule has 2 unspecified atom stereocenters. The molecule has 1 aliphatic heterocycles. The van der Waals surface area contributed by atoms with Crippen LogP contribution in [0.15, 0.2) is 30.3 Å². The number of hydrogen-bond acceptors (Lipinski definition) is 3. The summed E-state index contributed by atoms with van der Waals surface area (Å²) in [7, 11) is -3.11. The van der Waals surface area contributed by atoms with Gasteiger partial charge in [-0.05, 0) is 5.56 Å². The zero-order valence-electron chi connectivity index (χ0n) is 9.67. The van der Waals surface area contributed by atoms with Crippen LogP contribution in [-0.2, 0) is 21.1 Å². The lowest BCUT2D eigenvalue weighted by Crippen LogP contribution is -2.41. The molecule has 2 rings (SSSR count). The summed E-state index contributed by atoms with van der Waals surface area (Å²) in [6, 6.07) is 8.80. The first-order chi connectivity index (χ1) is 8.46. The van der Waals surface area contributed by atoms with E-state index in [4.69, 9.17) is 11.6 Å². The van der Waals surface area contributed by atoms with Crippen LogP contribution in [0.4, 0.5) is 0 Å². The van der Waals surface area contributed by atoms with E-state index in [0.717, 1.165) is 5.56 Å². The quantitative estimate of drug-likeness (QED) is 0.835. The number of alkyl halides is 1. The molecular formula is C12H14ClNO3S. The normalized spacial score (nSPS) is 25.8. The maximum Gasteiger partial charge on any atom is 0.224 e. The van der Waals surface area contributed by atoms with E-state index < -0.39 is 21.3 Å². The second kappa shape index (κ2) is 5.28. The van der Waals surface area contributed by atoms with E-state index >= 15 is 0 Å². The minimum Gasteiger partial charge on any atom is -0.351 e. The van der Waals surface area contributed by atoms with Gasteiger partial charge in [-0.3, -0.25) is 4.79 Å². The molecule has 0 aromatic heterocycles. The standard InChI is InChI=1S/C12H14ClNO3S/c13-10-7-18(16,17)8-11(10)14-12(15)6-9-4-2-1-3-5-9/h1-5,10-11H,6-8H2,(H,14,15). The van der Waals surface area contributed by atoms with Crippen LogP contribution in [0.2, 0.25) is 0 Å². The molecule has 1 aliphatic rings. The molecule has 1 heterocycles. The lowest BCUT2D eigenvalue weighted by Gasteiger charge is -2.14. The third-order valence-corrected chi connectivity index (χ3v) is 5.21. The monoisotopic (exact) mass is 287 g/mol. The van der Waals surface area contributed by atoms with Crippen molar-refractivity contribution in [3.63, 3.8) is 0 Å². The van der Waals surface area contributed by atoms with Crippen LogP contribution in [0.3, 0.4) is 0 Å². The summed E-state index contributed by atoms with van der Waals surface area (Å²) in [4.78, 5) is 11.8. The van der Waals surface area contributed by atoms with Gasteiger partial charge < -0.3 is 5.32 Å². The SMILES string of the molecule is O=C(Cc1ccccc1)NC1CS(=O)(=O)CC1Cl. The predicted molar refractivity (Wildman–Crippen MR) is 70.4 cm³/mol. The maximum absolute atomic E-state index is 11.8. The summed E-state index contributed by atoms with van der Waals surface area (Å²) in [6.45, 7) is 0. The van der Waals surface area contributed by atoms with Gasteiger partial charge in [-0.2, -0.15) is 0 Å². The van der Waals surface area contributed by atoms with Gasteiger partial charge in [0.2, 0.25) is 5.91 Å². The molecule has 4 nitrogen and oxygen atoms in total. The van der Waals surface area contributed by atoms with Crippen molar-refractivity contribution < 1.29 is 13.2 Å². The Labute approximate surface area is 111 Å². The fourth-order valence-electron chi connectivity index (χ4n) is 1.98. The molecule has 0 aliphatic carbocycles. The largest absolute Gasteiger partial charge is 0.351 e. The summed E-state index contributed by atoms with van der Waals surface area (Å²) in [6.07, 6.45) is 0.237. The molecule has 0 radical (unpaired) electrons. The number of rotatable bonds is 3. The van der Waals surface area contributed by atoms with E-state index in [9.17, 15) is 13.2 Å². The molecule has 0 spiro atoms. The number of hydrogen-bond donors (Lipinski definition) is 1. The van der Waals surface area contributed by atoms with Crippen LogP contribution < -0.4 is 5.32 Å². The average Bonchev–Trinajstić information content (AvgIpc) is 2.53. The van der Waals surface area contributed by atoms with Crippen molar-refractivity contribution in [2.45, 2.75) is 17.8 Å². The first-order valence-corrected chi connectivity index (χ1v) is 7.90. The van der Waals surface area contributed by atoms with Gasteiger partial charge in [0.25, 0.3) is 0 Å². The fourth-order valence-corrected chi connectivity index (χ4v) is 4.53. The first kappa shape index (κ1) is 13.4. The van der Waals surface area contributed by atoms with Gasteiger partial charge in [-0.25, -0.2) is 8.42 Å². The van der Waals surface area contributed by atoms with E-state index in [-0.39, 0.29) is 23.8 Å². The number of carbonyl (C=O) groups is 1. The molecule has 0 saturated carbocycles. The Hall–Kier alpha value is -1.07. The van der Waals surface area contributed by atoms with Gasteiger partial charge >= 0.3 is 0 Å². The number of benzene rings is 1. The van der Waals surface area contributed by atoms with Crippen molar-refractivity contribution >= 4 is 27.3 Å². The Bertz CT molecular complexity index is 530. The Morgan fingerprint density at radius 1 is 1.28 bits per heavy atom. The molecule has 1 amide bonds. The Kier molecular flexibility index (Phi) is 3.92. The maximum atomic E-state index is 11.8. The van der Waals surface area contributed by atoms with Crippen molar-refractivity contribution in [2.24, 2.45) is 0 Å². The summed E-state index contributed by atoms with van der Waals surface area (Å²) in [5, 5.41) is 2.15. The topological polar surface area (TPSA) is 63.2 Å². The molecule has 1 N–H and O–H groups in total. The van der Waals surface area contributed by atoms with Crippen LogP contribution in [0.5, 0.6) is 0 Å². The van der Waals surface area contributed by atoms with Gasteiger partial charge in [0.1, 0.15) is 0 Å². The zero-order valence-corrected chi connectivity index (χ0v) is 11.2. The van der Waals surface area contributed by atoms with Crippen LogP contribution >= 0.6 is 11.6 Å². The van der Waals surface area contributed by atoms with E-state index in [1.807, 2.05) is 30.3 Å². The lowest BCUT2D eigenvalue weighted by atomic mass is 10.1. The number of carbonyl (C=O) groups excluding carboxylic acids is 1. The summed E-state index contributed by atoms with van der Waals surface area (Å²) >= 11 is 5.92. The Balaban J connectivity index is 1.93. The lowest BCUT2D eigenvalue weighted by molar-refractivity contribution is -0.120. The van der Waals surface area contributed by atoms with Crippen molar-refractivity contribution in [1.82, 2.24) is 5.32 Å². The first-order valence-electron chi connectivity index (χ1n) is 5.64.